The van der Waals surface area contributed by atoms with Gasteiger partial charge in [0, 0.05) is 18.8 Å². The largest absolute Gasteiger partial charge is 0.634 e. The lowest BCUT2D eigenvalue weighted by Gasteiger charge is -2.58. The summed E-state index contributed by atoms with van der Waals surface area (Å²) < 4.78 is 10.4. The van der Waals surface area contributed by atoms with Crippen molar-refractivity contribution in [3.05, 3.63) is 64.4 Å². The lowest BCUT2D eigenvalue weighted by molar-refractivity contribution is -0.956. The fourth-order valence-electron chi connectivity index (χ4n) is 11.8. The summed E-state index contributed by atoms with van der Waals surface area (Å²) in [5, 5.41) is 42.0. The van der Waals surface area contributed by atoms with Gasteiger partial charge in [0.05, 0.1) is 44.4 Å². The second kappa shape index (κ2) is 33.1. The molecule has 0 saturated carbocycles. The Bertz CT molecular complexity index is 3020. The highest BCUT2D eigenvalue weighted by molar-refractivity contribution is 6.00. The number of hydrogen-bond donors (Lipinski definition) is 12. The maximum absolute atomic E-state index is 14.6. The van der Waals surface area contributed by atoms with E-state index in [4.69, 9.17) is 9.47 Å². The predicted octanol–water partition coefficient (Wildman–Crippen LogP) is 1.40. The minimum Gasteiger partial charge on any atom is -0.634 e. The number of hydroxylamine groups is 2. The van der Waals surface area contributed by atoms with Gasteiger partial charge in [0.25, 0.3) is 0 Å². The molecule has 27 heteroatoms. The number of hydrogen-bond acceptors (Lipinski definition) is 15. The Kier molecular flexibility index (Phi) is 27.5. The average Bonchev–Trinajstić information content (AvgIpc) is 1.25. The number of allylic oxidation sites excluding steroid dienone is 3. The molecule has 11 amide bonds. The molecule has 0 radical (unpaired) electrons. The van der Waals surface area contributed by atoms with Crippen LogP contribution < -0.4 is 63.5 Å². The number of methoxy groups -OCH3 is 1. The molecule has 27 nitrogen and oxygen atoms in total. The van der Waals surface area contributed by atoms with Gasteiger partial charge in [-0.25, -0.2) is 9.59 Å². The number of carbonyl (C=O) groups is 12. The number of rotatable bonds is 32. The molecule has 1 heterocycles. The number of quaternary nitrogens is 1. The van der Waals surface area contributed by atoms with Crippen LogP contribution in [-0.4, -0.2) is 163 Å². The van der Waals surface area contributed by atoms with Gasteiger partial charge >= 0.3 is 12.1 Å². The molecule has 1 unspecified atom stereocenters. The average molecular weight is 1300 g/mol. The summed E-state index contributed by atoms with van der Waals surface area (Å²) in [6.07, 6.45) is 7.60. The number of carbonyl (C=O) groups excluding carboxylic acids is 12. The fraction of sp³-hybridized carbons (Fsp3) is 0.636. The maximum atomic E-state index is 14.6. The van der Waals surface area contributed by atoms with E-state index in [1.165, 1.54) is 34.8 Å². The van der Waals surface area contributed by atoms with Crippen molar-refractivity contribution in [3.63, 3.8) is 0 Å². The standard InChI is InChI=1S/C66H102N12O15/c1-18-40(8)53(56(85)73-48(28-39(6)7)57(86)92-17)74-52(82)33-70-60(89)66(35-62(9,10)78(91)63(11,12)36-66)76-55(84)47(27-38(4)5)72-50(80)31-67-49(79)30-68-58(87)64(13,14)75-54(83)46(26-37(2)3)71-51(81)32-69-59(88)65(15,16)77-61(90)93-34-42-23-21-25-44-43-24-20-19-22-41(43)29-45(42)44/h19-25,29,37-40,42,46-48,53,78H,18,26-28,30-36H2,1-17H3,(H,67,79)(H,68,87)(H,69,88)(H,70,89)(H,71,81)(H,72,80)(H,73,85)(H,74,82)(H,75,83)(H,76,84)(H,77,90)/t40-,42?,46-,47-,48-,53-/m0/s1. The Morgan fingerprint density at radius 3 is 1.67 bits per heavy atom. The van der Waals surface area contributed by atoms with Crippen molar-refractivity contribution >= 4 is 82.8 Å². The van der Waals surface area contributed by atoms with E-state index in [-0.39, 0.29) is 67.4 Å². The zero-order valence-electron chi connectivity index (χ0n) is 57.2. The van der Waals surface area contributed by atoms with Crippen LogP contribution >= 0.6 is 0 Å². The summed E-state index contributed by atoms with van der Waals surface area (Å²) in [5.41, 5.74) is -3.12. The molecule has 1 fully saturated rings. The van der Waals surface area contributed by atoms with Gasteiger partial charge < -0.3 is 78.2 Å². The first kappa shape index (κ1) is 77.2. The van der Waals surface area contributed by atoms with Crippen molar-refractivity contribution in [1.29, 1.82) is 0 Å². The number of amides is 11. The predicted molar refractivity (Wildman–Crippen MR) is 348 cm³/mol. The van der Waals surface area contributed by atoms with E-state index in [9.17, 15) is 62.7 Å². The van der Waals surface area contributed by atoms with Crippen molar-refractivity contribution < 1.29 is 72.1 Å². The number of esters is 1. The van der Waals surface area contributed by atoms with E-state index < -0.39 is 155 Å². The molecule has 6 atom stereocenters. The molecule has 1 aromatic carbocycles. The molecular weight excluding hydrogens is 1200 g/mol. The Hall–Kier alpha value is -8.20. The van der Waals surface area contributed by atoms with Crippen molar-refractivity contribution in [3.8, 4) is 0 Å². The van der Waals surface area contributed by atoms with E-state index in [1.807, 2.05) is 77.1 Å². The summed E-state index contributed by atoms with van der Waals surface area (Å²) in [6, 6.07) is 3.41. The van der Waals surface area contributed by atoms with Gasteiger partial charge in [-0.2, -0.15) is 0 Å². The van der Waals surface area contributed by atoms with Crippen molar-refractivity contribution in [1.82, 2.24) is 58.5 Å². The first-order valence-electron chi connectivity index (χ1n) is 31.9. The molecule has 0 bridgehead atoms. The molecule has 3 aliphatic rings. The second-order valence-corrected chi connectivity index (χ2v) is 28.2. The molecule has 12 N–H and O–H groups in total. The zero-order chi connectivity index (χ0) is 70.1. The Labute approximate surface area is 546 Å². The quantitative estimate of drug-likeness (QED) is 0.0358. The SMILES string of the molecule is CC[C@H](C)[C@H](NC(=O)CNC(=O)C1(NC(=O)[C@H](CC(C)C)NC(=O)CNC(=O)CNC(=O)C(C)(C)NC(=O)[C@H](CC(C)C)NC(=O)CNC(=O)C(C)(C)NC(=O)OCC2C=CC=C3C2=Cc2ccccc23)CC(C)(C)[NH+]([O-])C(C)(C)C1)C(=O)N[C@@H](CC(C)C)C(=O)OC. The summed E-state index contributed by atoms with van der Waals surface area (Å²) in [5.74, 6) is -9.20. The van der Waals surface area contributed by atoms with Crippen molar-refractivity contribution in [2.45, 2.75) is 201 Å². The summed E-state index contributed by atoms with van der Waals surface area (Å²) >= 11 is 0. The van der Waals surface area contributed by atoms with E-state index in [1.54, 1.807) is 48.5 Å². The van der Waals surface area contributed by atoms with Crippen LogP contribution in [0.1, 0.15) is 160 Å². The van der Waals surface area contributed by atoms with Crippen LogP contribution in [0.3, 0.4) is 0 Å². The monoisotopic (exact) mass is 1300 g/mol. The normalized spacial score (nSPS) is 19.4. The highest BCUT2D eigenvalue weighted by atomic mass is 16.5. The van der Waals surface area contributed by atoms with Gasteiger partial charge in [0.1, 0.15) is 47.4 Å². The van der Waals surface area contributed by atoms with Crippen LogP contribution in [0.2, 0.25) is 0 Å². The Balaban J connectivity index is 1.31. The van der Waals surface area contributed by atoms with Crippen LogP contribution in [0, 0.1) is 34.8 Å². The molecule has 0 spiro atoms. The van der Waals surface area contributed by atoms with Crippen LogP contribution in [0.5, 0.6) is 0 Å². The van der Waals surface area contributed by atoms with Gasteiger partial charge in [-0.3, -0.25) is 47.9 Å². The van der Waals surface area contributed by atoms with E-state index >= 15 is 0 Å². The minimum absolute atomic E-state index is 0.0149. The van der Waals surface area contributed by atoms with Crippen LogP contribution in [0.25, 0.3) is 11.6 Å². The van der Waals surface area contributed by atoms with Crippen LogP contribution in [0.4, 0.5) is 4.79 Å². The molecule has 0 aromatic heterocycles. The van der Waals surface area contributed by atoms with E-state index in [0.717, 1.165) is 22.3 Å². The van der Waals surface area contributed by atoms with E-state index in [2.05, 4.69) is 64.6 Å². The van der Waals surface area contributed by atoms with Gasteiger partial charge in [0.15, 0.2) is 0 Å². The fourth-order valence-corrected chi connectivity index (χ4v) is 11.8. The molecule has 2 aliphatic carbocycles. The summed E-state index contributed by atoms with van der Waals surface area (Å²) in [7, 11) is 1.21. The minimum atomic E-state index is -1.81. The van der Waals surface area contributed by atoms with Crippen molar-refractivity contribution in [2.75, 3.05) is 39.9 Å². The number of nitrogens with one attached hydrogen (secondary N) is 12. The highest BCUT2D eigenvalue weighted by Gasteiger charge is 2.57. The Morgan fingerprint density at radius 2 is 1.12 bits per heavy atom. The number of alkyl carbamates (subject to hydrolysis) is 1. The smallest absolute Gasteiger partial charge is 0.408 e. The molecular formula is C66H102N12O15. The third kappa shape index (κ3) is 22.2. The molecule has 1 aliphatic heterocycles. The van der Waals surface area contributed by atoms with Crippen LogP contribution in [0.15, 0.2) is 48.1 Å². The van der Waals surface area contributed by atoms with E-state index in [0.29, 0.717) is 6.42 Å². The first-order valence-corrected chi connectivity index (χ1v) is 31.9. The highest BCUT2D eigenvalue weighted by Crippen LogP contribution is 2.42. The lowest BCUT2D eigenvalue weighted by atomic mass is 9.69. The van der Waals surface area contributed by atoms with Crippen molar-refractivity contribution in [2.24, 2.45) is 29.6 Å². The van der Waals surface area contributed by atoms with Gasteiger partial charge in [-0.05, 0) is 127 Å². The molecule has 1 aromatic rings. The maximum Gasteiger partial charge on any atom is 0.408 e. The van der Waals surface area contributed by atoms with Gasteiger partial charge in [-0.1, -0.05) is 104 Å². The third-order valence-corrected chi connectivity index (χ3v) is 16.5. The van der Waals surface area contributed by atoms with Gasteiger partial charge in [0.2, 0.25) is 59.1 Å². The molecule has 93 heavy (non-hydrogen) atoms. The molecule has 1 saturated heterocycles. The van der Waals surface area contributed by atoms with Gasteiger partial charge in [-0.15, -0.1) is 0 Å². The number of benzene rings is 1. The number of ether oxygens (including phenoxy) is 2. The second-order valence-electron chi connectivity index (χ2n) is 28.2. The third-order valence-electron chi connectivity index (χ3n) is 16.5. The Morgan fingerprint density at radius 1 is 0.624 bits per heavy atom. The topological polar surface area (TPSA) is 383 Å². The molecule has 516 valence electrons. The van der Waals surface area contributed by atoms with Crippen LogP contribution in [-0.2, 0) is 62.2 Å². The molecule has 4 rings (SSSR count). The number of piperidine rings is 1. The summed E-state index contributed by atoms with van der Waals surface area (Å²) in [4.78, 5) is 162. The first-order chi connectivity index (χ1) is 43.2. The lowest BCUT2D eigenvalue weighted by Crippen LogP contribution is -3.24. The summed E-state index contributed by atoms with van der Waals surface area (Å²) in [6.45, 7) is 24.2. The number of fused-ring (bicyclic) bond motifs is 3. The zero-order valence-corrected chi connectivity index (χ0v) is 57.2.